The van der Waals surface area contributed by atoms with E-state index >= 15 is 0 Å². The molecule has 4 atom stereocenters. The Morgan fingerprint density at radius 3 is 2.67 bits per heavy atom. The maximum Gasteiger partial charge on any atom is 0.312 e. The number of esters is 1. The quantitative estimate of drug-likeness (QED) is 0.740. The Bertz CT molecular complexity index is 527. The second-order valence-electron chi connectivity index (χ2n) is 5.30. The normalized spacial score (nSPS) is 30.0. The number of Topliss-reactive ketones (excluding diaryl/α,β-unsaturated/α-hetero) is 1. The lowest BCUT2D eigenvalue weighted by Crippen LogP contribution is -2.29. The Morgan fingerprint density at radius 1 is 1.29 bits per heavy atom. The molecule has 0 radical (unpaired) electrons. The molecule has 0 aromatic heterocycles. The standard InChI is InChI=1S/C16H18O5/c1-2-20-16(18)13-12-14(17)11(21-15(12)13)9-19-8-10-6-4-3-5-7-10/h3-7,11-13,15H,2,8-9H2,1H3/t11?,12-,13+,15+/m0/s1. The first kappa shape index (κ1) is 14.2. The minimum atomic E-state index is -0.547. The topological polar surface area (TPSA) is 61.8 Å². The highest BCUT2D eigenvalue weighted by atomic mass is 16.6. The van der Waals surface area contributed by atoms with Crippen molar-refractivity contribution < 1.29 is 23.8 Å². The first-order chi connectivity index (χ1) is 10.2. The lowest BCUT2D eigenvalue weighted by Gasteiger charge is -2.13. The third kappa shape index (κ3) is 2.84. The van der Waals surface area contributed by atoms with Crippen molar-refractivity contribution in [2.75, 3.05) is 13.2 Å². The van der Waals surface area contributed by atoms with Crippen LogP contribution in [0.2, 0.25) is 0 Å². The van der Waals surface area contributed by atoms with Crippen LogP contribution in [0.25, 0.3) is 0 Å². The lowest BCUT2D eigenvalue weighted by atomic mass is 10.1. The molecule has 2 fully saturated rings. The zero-order valence-electron chi connectivity index (χ0n) is 11.9. The van der Waals surface area contributed by atoms with E-state index in [9.17, 15) is 9.59 Å². The molecule has 1 heterocycles. The van der Waals surface area contributed by atoms with E-state index in [-0.39, 0.29) is 30.4 Å². The van der Waals surface area contributed by atoms with E-state index in [1.165, 1.54) is 0 Å². The van der Waals surface area contributed by atoms with Crippen LogP contribution in [0.5, 0.6) is 0 Å². The van der Waals surface area contributed by atoms with Crippen molar-refractivity contribution in [3.8, 4) is 0 Å². The summed E-state index contributed by atoms with van der Waals surface area (Å²) in [5.74, 6) is -1.09. The maximum absolute atomic E-state index is 12.1. The number of carbonyl (C=O) groups excluding carboxylic acids is 2. The highest BCUT2D eigenvalue weighted by Gasteiger charge is 2.67. The van der Waals surface area contributed by atoms with Crippen molar-refractivity contribution in [1.82, 2.24) is 0 Å². The van der Waals surface area contributed by atoms with E-state index in [4.69, 9.17) is 14.2 Å². The summed E-state index contributed by atoms with van der Waals surface area (Å²) >= 11 is 0. The number of hydrogen-bond acceptors (Lipinski definition) is 5. The van der Waals surface area contributed by atoms with Crippen molar-refractivity contribution in [2.24, 2.45) is 11.8 Å². The van der Waals surface area contributed by atoms with Crippen LogP contribution in [-0.2, 0) is 30.4 Å². The van der Waals surface area contributed by atoms with Crippen LogP contribution in [0.15, 0.2) is 30.3 Å². The molecule has 112 valence electrons. The second kappa shape index (κ2) is 5.95. The number of fused-ring (bicyclic) bond motifs is 1. The van der Waals surface area contributed by atoms with Crippen LogP contribution < -0.4 is 0 Å². The molecule has 0 bridgehead atoms. The minimum absolute atomic E-state index is 0.0360. The van der Waals surface area contributed by atoms with Crippen molar-refractivity contribution in [3.05, 3.63) is 35.9 Å². The van der Waals surface area contributed by atoms with Crippen molar-refractivity contribution in [3.63, 3.8) is 0 Å². The first-order valence-corrected chi connectivity index (χ1v) is 7.20. The summed E-state index contributed by atoms with van der Waals surface area (Å²) in [6, 6.07) is 9.75. The van der Waals surface area contributed by atoms with E-state index in [0.29, 0.717) is 13.2 Å². The van der Waals surface area contributed by atoms with Gasteiger partial charge in [0, 0.05) is 0 Å². The fraction of sp³-hybridized carbons (Fsp3) is 0.500. The summed E-state index contributed by atoms with van der Waals surface area (Å²) in [7, 11) is 0. The van der Waals surface area contributed by atoms with Crippen LogP contribution in [0.4, 0.5) is 0 Å². The van der Waals surface area contributed by atoms with Gasteiger partial charge in [-0.15, -0.1) is 0 Å². The molecule has 1 saturated heterocycles. The number of rotatable bonds is 6. The smallest absolute Gasteiger partial charge is 0.312 e. The number of hydrogen-bond donors (Lipinski definition) is 0. The predicted molar refractivity (Wildman–Crippen MR) is 73.4 cm³/mol. The third-order valence-electron chi connectivity index (χ3n) is 3.86. The van der Waals surface area contributed by atoms with Crippen molar-refractivity contribution in [2.45, 2.75) is 25.7 Å². The largest absolute Gasteiger partial charge is 0.466 e. The molecule has 0 spiro atoms. The Kier molecular flexibility index (Phi) is 4.03. The highest BCUT2D eigenvalue weighted by molar-refractivity contribution is 5.97. The average Bonchev–Trinajstić information content (AvgIpc) is 3.12. The predicted octanol–water partition coefficient (Wildman–Crippen LogP) is 1.35. The van der Waals surface area contributed by atoms with E-state index in [1.807, 2.05) is 30.3 Å². The molecule has 0 amide bonds. The fourth-order valence-electron chi connectivity index (χ4n) is 2.76. The van der Waals surface area contributed by atoms with E-state index in [2.05, 4.69) is 0 Å². The molecule has 1 unspecified atom stereocenters. The zero-order valence-corrected chi connectivity index (χ0v) is 11.9. The van der Waals surface area contributed by atoms with Crippen LogP contribution in [0.1, 0.15) is 12.5 Å². The molecular weight excluding hydrogens is 272 g/mol. The maximum atomic E-state index is 12.1. The van der Waals surface area contributed by atoms with Crippen molar-refractivity contribution in [1.29, 1.82) is 0 Å². The van der Waals surface area contributed by atoms with Gasteiger partial charge in [-0.2, -0.15) is 0 Å². The van der Waals surface area contributed by atoms with Crippen LogP contribution in [-0.4, -0.2) is 37.2 Å². The molecule has 2 aliphatic rings. The second-order valence-corrected chi connectivity index (χ2v) is 5.30. The third-order valence-corrected chi connectivity index (χ3v) is 3.86. The van der Waals surface area contributed by atoms with Gasteiger partial charge in [0.25, 0.3) is 0 Å². The highest BCUT2D eigenvalue weighted by Crippen LogP contribution is 2.50. The molecule has 1 aromatic rings. The van der Waals surface area contributed by atoms with E-state index in [1.54, 1.807) is 6.92 Å². The van der Waals surface area contributed by atoms with Crippen LogP contribution in [0.3, 0.4) is 0 Å². The molecule has 1 aliphatic heterocycles. The fourth-order valence-corrected chi connectivity index (χ4v) is 2.76. The van der Waals surface area contributed by atoms with E-state index in [0.717, 1.165) is 5.56 Å². The van der Waals surface area contributed by atoms with Gasteiger partial charge in [-0.25, -0.2) is 0 Å². The summed E-state index contributed by atoms with van der Waals surface area (Å²) in [6.45, 7) is 2.76. The monoisotopic (exact) mass is 290 g/mol. The number of benzene rings is 1. The van der Waals surface area contributed by atoms with E-state index < -0.39 is 12.0 Å². The van der Waals surface area contributed by atoms with Gasteiger partial charge in [0.05, 0.1) is 37.8 Å². The molecule has 5 heteroatoms. The molecule has 1 saturated carbocycles. The summed E-state index contributed by atoms with van der Waals surface area (Å²) in [5, 5.41) is 0. The summed E-state index contributed by atoms with van der Waals surface area (Å²) in [5.41, 5.74) is 1.05. The first-order valence-electron chi connectivity index (χ1n) is 7.20. The van der Waals surface area contributed by atoms with Crippen LogP contribution in [0, 0.1) is 11.8 Å². The van der Waals surface area contributed by atoms with Gasteiger partial charge < -0.3 is 14.2 Å². The van der Waals surface area contributed by atoms with Gasteiger partial charge >= 0.3 is 5.97 Å². The SMILES string of the molecule is CCOC(=O)[C@H]1[C@@H]2OC(COCc3ccccc3)C(=O)[C@@H]21. The Balaban J connectivity index is 1.44. The molecule has 1 aromatic carbocycles. The van der Waals surface area contributed by atoms with Gasteiger partial charge in [-0.3, -0.25) is 9.59 Å². The summed E-state index contributed by atoms with van der Waals surface area (Å²) in [6.07, 6.45) is -0.851. The molecule has 5 nitrogen and oxygen atoms in total. The van der Waals surface area contributed by atoms with Crippen LogP contribution >= 0.6 is 0 Å². The number of ketones is 1. The molecule has 1 aliphatic carbocycles. The van der Waals surface area contributed by atoms with Gasteiger partial charge in [0.1, 0.15) is 6.10 Å². The Hall–Kier alpha value is -1.72. The molecule has 0 N–H and O–H groups in total. The molecule has 3 rings (SSSR count). The molecule has 21 heavy (non-hydrogen) atoms. The summed E-state index contributed by atoms with van der Waals surface area (Å²) < 4.78 is 16.0. The minimum Gasteiger partial charge on any atom is -0.466 e. The Labute approximate surface area is 123 Å². The number of ether oxygens (including phenoxy) is 3. The van der Waals surface area contributed by atoms with Gasteiger partial charge in [-0.05, 0) is 12.5 Å². The number of carbonyl (C=O) groups is 2. The van der Waals surface area contributed by atoms with Gasteiger partial charge in [-0.1, -0.05) is 30.3 Å². The Morgan fingerprint density at radius 2 is 2.05 bits per heavy atom. The van der Waals surface area contributed by atoms with Crippen molar-refractivity contribution >= 4 is 11.8 Å². The summed E-state index contributed by atoms with van der Waals surface area (Å²) in [4.78, 5) is 23.7. The lowest BCUT2D eigenvalue weighted by molar-refractivity contribution is -0.150. The molecular formula is C16H18O5. The van der Waals surface area contributed by atoms with Gasteiger partial charge in [0.15, 0.2) is 5.78 Å². The van der Waals surface area contributed by atoms with Gasteiger partial charge in [0.2, 0.25) is 0 Å². The average molecular weight is 290 g/mol. The zero-order chi connectivity index (χ0) is 14.8.